The highest BCUT2D eigenvalue weighted by molar-refractivity contribution is 5.94. The summed E-state index contributed by atoms with van der Waals surface area (Å²) in [7, 11) is 5.49. The Kier molecular flexibility index (Phi) is 6.02. The van der Waals surface area contributed by atoms with Crippen molar-refractivity contribution in [1.82, 2.24) is 30.0 Å². The fraction of sp³-hybridized carbons (Fsp3) is 0.556. The number of aromatic amines is 1. The Morgan fingerprint density at radius 1 is 1.33 bits per heavy atom. The normalized spacial score (nSPS) is 15.2. The van der Waals surface area contributed by atoms with Gasteiger partial charge in [0.1, 0.15) is 0 Å². The van der Waals surface area contributed by atoms with E-state index in [0.29, 0.717) is 30.4 Å². The Hall–Kier alpha value is -2.52. The van der Waals surface area contributed by atoms with Crippen LogP contribution in [0, 0.1) is 6.92 Å². The van der Waals surface area contributed by atoms with Gasteiger partial charge in [-0.2, -0.15) is 5.10 Å². The molecular formula is C18H27N7O2. The summed E-state index contributed by atoms with van der Waals surface area (Å²) in [5.41, 5.74) is 2.88. The average molecular weight is 373 g/mol. The Morgan fingerprint density at radius 2 is 2.07 bits per heavy atom. The molecule has 1 fully saturated rings. The molecule has 0 saturated carbocycles. The molecular weight excluding hydrogens is 346 g/mol. The highest BCUT2D eigenvalue weighted by atomic mass is 16.5. The maximum atomic E-state index is 12.8. The van der Waals surface area contributed by atoms with Gasteiger partial charge < -0.3 is 19.4 Å². The standard InChI is InChI=1S/C18H27N7O2/c1-13-16(10-19-18(20-13)25-7-5-23(2)6-8-25)17(26)24(3)11-14-9-15(12-27-4)22-21-14/h9-10H,5-8,11-12H2,1-4H3,(H,21,22). The predicted octanol–water partition coefficient (Wildman–Crippen LogP) is 0.679. The van der Waals surface area contributed by atoms with Gasteiger partial charge >= 0.3 is 0 Å². The van der Waals surface area contributed by atoms with Crippen LogP contribution >= 0.6 is 0 Å². The van der Waals surface area contributed by atoms with Crippen LogP contribution in [-0.2, 0) is 17.9 Å². The number of methoxy groups -OCH3 is 1. The second kappa shape index (κ2) is 8.45. The Labute approximate surface area is 159 Å². The predicted molar refractivity (Wildman–Crippen MR) is 102 cm³/mol. The zero-order valence-electron chi connectivity index (χ0n) is 16.4. The number of amides is 1. The van der Waals surface area contributed by atoms with Crippen molar-refractivity contribution in [3.63, 3.8) is 0 Å². The van der Waals surface area contributed by atoms with Gasteiger partial charge in [-0.05, 0) is 20.0 Å². The molecule has 0 spiro atoms. The van der Waals surface area contributed by atoms with Gasteiger partial charge in [-0.25, -0.2) is 9.97 Å². The summed E-state index contributed by atoms with van der Waals surface area (Å²) in [6.45, 7) is 6.49. The van der Waals surface area contributed by atoms with E-state index < -0.39 is 0 Å². The van der Waals surface area contributed by atoms with Crippen LogP contribution in [0.2, 0.25) is 0 Å². The van der Waals surface area contributed by atoms with Crippen LogP contribution in [-0.4, -0.2) is 83.3 Å². The van der Waals surface area contributed by atoms with E-state index >= 15 is 0 Å². The first-order valence-corrected chi connectivity index (χ1v) is 9.02. The second-order valence-corrected chi connectivity index (χ2v) is 6.94. The van der Waals surface area contributed by atoms with Crippen molar-refractivity contribution in [2.75, 3.05) is 52.3 Å². The number of piperazine rings is 1. The number of nitrogens with one attached hydrogen (secondary N) is 1. The summed E-state index contributed by atoms with van der Waals surface area (Å²) in [5, 5.41) is 7.09. The number of anilines is 1. The van der Waals surface area contributed by atoms with Gasteiger partial charge in [0, 0.05) is 46.5 Å². The highest BCUT2D eigenvalue weighted by Gasteiger charge is 2.20. The van der Waals surface area contributed by atoms with Crippen molar-refractivity contribution in [1.29, 1.82) is 0 Å². The lowest BCUT2D eigenvalue weighted by atomic mass is 10.2. The van der Waals surface area contributed by atoms with E-state index in [4.69, 9.17) is 4.74 Å². The molecule has 3 rings (SSSR count). The molecule has 146 valence electrons. The number of hydrogen-bond donors (Lipinski definition) is 1. The molecule has 0 bridgehead atoms. The molecule has 1 aliphatic heterocycles. The molecule has 1 amide bonds. The third-order valence-electron chi connectivity index (χ3n) is 4.71. The molecule has 3 heterocycles. The maximum absolute atomic E-state index is 12.8. The third-order valence-corrected chi connectivity index (χ3v) is 4.71. The van der Waals surface area contributed by atoms with E-state index in [-0.39, 0.29) is 5.91 Å². The smallest absolute Gasteiger partial charge is 0.257 e. The molecule has 9 nitrogen and oxygen atoms in total. The SMILES string of the molecule is COCc1cc(CN(C)C(=O)c2cnc(N3CCN(C)CC3)nc2C)[nH]n1. The van der Waals surface area contributed by atoms with Crippen LogP contribution < -0.4 is 4.90 Å². The molecule has 2 aromatic rings. The van der Waals surface area contributed by atoms with E-state index in [1.807, 2.05) is 13.0 Å². The number of carbonyl (C=O) groups is 1. The average Bonchev–Trinajstić information content (AvgIpc) is 3.09. The number of aryl methyl sites for hydroxylation is 1. The second-order valence-electron chi connectivity index (χ2n) is 6.94. The summed E-state index contributed by atoms with van der Waals surface area (Å²) in [5.74, 6) is 0.581. The minimum absolute atomic E-state index is 0.111. The molecule has 0 unspecified atom stereocenters. The molecule has 9 heteroatoms. The van der Waals surface area contributed by atoms with Gasteiger partial charge in [-0.3, -0.25) is 9.89 Å². The minimum atomic E-state index is -0.111. The van der Waals surface area contributed by atoms with Crippen LogP contribution in [0.15, 0.2) is 12.3 Å². The van der Waals surface area contributed by atoms with Crippen molar-refractivity contribution in [2.45, 2.75) is 20.1 Å². The van der Waals surface area contributed by atoms with E-state index in [2.05, 4.69) is 37.0 Å². The van der Waals surface area contributed by atoms with Gasteiger partial charge in [0.25, 0.3) is 5.91 Å². The zero-order chi connectivity index (χ0) is 19.4. The molecule has 0 radical (unpaired) electrons. The summed E-state index contributed by atoms with van der Waals surface area (Å²) in [6.07, 6.45) is 1.64. The number of aromatic nitrogens is 4. The summed E-state index contributed by atoms with van der Waals surface area (Å²) in [6, 6.07) is 1.90. The zero-order valence-corrected chi connectivity index (χ0v) is 16.4. The van der Waals surface area contributed by atoms with Crippen molar-refractivity contribution < 1.29 is 9.53 Å². The van der Waals surface area contributed by atoms with E-state index in [9.17, 15) is 4.79 Å². The molecule has 0 atom stereocenters. The molecule has 0 aliphatic carbocycles. The quantitative estimate of drug-likeness (QED) is 0.796. The summed E-state index contributed by atoms with van der Waals surface area (Å²) in [4.78, 5) is 27.9. The van der Waals surface area contributed by atoms with E-state index in [1.54, 1.807) is 25.3 Å². The molecule has 27 heavy (non-hydrogen) atoms. The largest absolute Gasteiger partial charge is 0.378 e. The highest BCUT2D eigenvalue weighted by Crippen LogP contribution is 2.15. The number of likely N-dealkylation sites (N-methyl/N-ethyl adjacent to an activating group) is 1. The minimum Gasteiger partial charge on any atom is -0.378 e. The van der Waals surface area contributed by atoms with Crippen molar-refractivity contribution in [3.8, 4) is 0 Å². The fourth-order valence-electron chi connectivity index (χ4n) is 3.07. The van der Waals surface area contributed by atoms with Gasteiger partial charge in [0.05, 0.1) is 35.8 Å². The van der Waals surface area contributed by atoms with E-state index in [1.165, 1.54) is 0 Å². The number of hydrogen-bond acceptors (Lipinski definition) is 7. The first kappa shape index (κ1) is 19.2. The van der Waals surface area contributed by atoms with Crippen LogP contribution in [0.4, 0.5) is 5.95 Å². The molecule has 2 aromatic heterocycles. The Morgan fingerprint density at radius 3 is 2.74 bits per heavy atom. The molecule has 0 aromatic carbocycles. The van der Waals surface area contributed by atoms with Gasteiger partial charge in [0.15, 0.2) is 0 Å². The first-order chi connectivity index (χ1) is 13.0. The molecule has 1 aliphatic rings. The Balaban J connectivity index is 1.66. The van der Waals surface area contributed by atoms with Crippen LogP contribution in [0.1, 0.15) is 27.4 Å². The first-order valence-electron chi connectivity index (χ1n) is 9.02. The van der Waals surface area contributed by atoms with Gasteiger partial charge in [0.2, 0.25) is 5.95 Å². The lowest BCUT2D eigenvalue weighted by Crippen LogP contribution is -2.45. The van der Waals surface area contributed by atoms with Gasteiger partial charge in [-0.15, -0.1) is 0 Å². The molecule has 1 N–H and O–H groups in total. The maximum Gasteiger partial charge on any atom is 0.257 e. The third kappa shape index (κ3) is 4.61. The van der Waals surface area contributed by atoms with Crippen LogP contribution in [0.25, 0.3) is 0 Å². The fourth-order valence-corrected chi connectivity index (χ4v) is 3.07. The lowest BCUT2D eigenvalue weighted by Gasteiger charge is -2.32. The summed E-state index contributed by atoms with van der Waals surface area (Å²) >= 11 is 0. The van der Waals surface area contributed by atoms with E-state index in [0.717, 1.165) is 37.6 Å². The lowest BCUT2D eigenvalue weighted by molar-refractivity contribution is 0.0781. The van der Waals surface area contributed by atoms with Crippen molar-refractivity contribution >= 4 is 11.9 Å². The monoisotopic (exact) mass is 373 g/mol. The van der Waals surface area contributed by atoms with Gasteiger partial charge in [-0.1, -0.05) is 0 Å². The number of nitrogens with zero attached hydrogens (tertiary/aromatic N) is 6. The molecule has 1 saturated heterocycles. The van der Waals surface area contributed by atoms with Crippen molar-refractivity contribution in [3.05, 3.63) is 34.9 Å². The summed E-state index contributed by atoms with van der Waals surface area (Å²) < 4.78 is 5.06. The number of H-pyrrole nitrogens is 1. The van der Waals surface area contributed by atoms with Crippen LogP contribution in [0.3, 0.4) is 0 Å². The number of rotatable bonds is 6. The number of carbonyl (C=O) groups excluding carboxylic acids is 1. The number of ether oxygens (including phenoxy) is 1. The van der Waals surface area contributed by atoms with Crippen LogP contribution in [0.5, 0.6) is 0 Å². The topological polar surface area (TPSA) is 90.5 Å². The van der Waals surface area contributed by atoms with Crippen molar-refractivity contribution in [2.24, 2.45) is 0 Å². The Bertz CT molecular complexity index is 784.